The van der Waals surface area contributed by atoms with E-state index in [9.17, 15) is 9.18 Å². The largest absolute Gasteiger partial charge is 0.496 e. The molecule has 1 aromatic heterocycles. The Labute approximate surface area is 197 Å². The van der Waals surface area contributed by atoms with Crippen LogP contribution in [0.4, 0.5) is 15.9 Å². The van der Waals surface area contributed by atoms with Crippen molar-refractivity contribution in [3.05, 3.63) is 53.1 Å². The Bertz CT molecular complexity index is 1170. The summed E-state index contributed by atoms with van der Waals surface area (Å²) in [6, 6.07) is 8.23. The summed E-state index contributed by atoms with van der Waals surface area (Å²) >= 11 is 5.92. The number of aromatic nitrogens is 2. The molecule has 0 bridgehead atoms. The van der Waals surface area contributed by atoms with E-state index in [-0.39, 0.29) is 22.7 Å². The predicted octanol–water partition coefficient (Wildman–Crippen LogP) is 4.62. The Balaban J connectivity index is 1.64. The number of benzene rings is 2. The lowest BCUT2D eigenvalue weighted by Gasteiger charge is -2.28. The molecular formula is C24H27ClFN5O2. The monoisotopic (exact) mass is 471 g/mol. The molecule has 0 radical (unpaired) electrons. The number of carbonyl (C=O) groups is 1. The van der Waals surface area contributed by atoms with Crippen LogP contribution >= 0.6 is 11.6 Å². The number of rotatable bonds is 7. The van der Waals surface area contributed by atoms with Gasteiger partial charge in [-0.25, -0.2) is 14.4 Å². The SMILES string of the molecule is COc1cc2ncnc(Nc3cccc(Cl)c3F)c2cc1CN(C)[C@H](C)C(=O)N1CCCC1. The number of likely N-dealkylation sites (N-methyl/N-ethyl adjacent to an activating group) is 1. The number of likely N-dealkylation sites (tertiary alicyclic amines) is 1. The molecule has 1 saturated heterocycles. The van der Waals surface area contributed by atoms with Crippen molar-refractivity contribution in [1.82, 2.24) is 19.8 Å². The normalized spacial score (nSPS) is 14.7. The average Bonchev–Trinajstić information content (AvgIpc) is 3.36. The van der Waals surface area contributed by atoms with E-state index in [4.69, 9.17) is 16.3 Å². The molecule has 7 nitrogen and oxygen atoms in total. The van der Waals surface area contributed by atoms with Crippen molar-refractivity contribution in [2.45, 2.75) is 32.4 Å². The van der Waals surface area contributed by atoms with Gasteiger partial charge in [0, 0.05) is 36.7 Å². The van der Waals surface area contributed by atoms with Crippen LogP contribution in [0.2, 0.25) is 5.02 Å². The maximum Gasteiger partial charge on any atom is 0.239 e. The van der Waals surface area contributed by atoms with Crippen LogP contribution in [0, 0.1) is 5.82 Å². The first-order valence-corrected chi connectivity index (χ1v) is 11.3. The minimum atomic E-state index is -0.548. The van der Waals surface area contributed by atoms with Crippen molar-refractivity contribution in [2.24, 2.45) is 0 Å². The maximum absolute atomic E-state index is 14.4. The van der Waals surface area contributed by atoms with E-state index >= 15 is 0 Å². The number of nitrogens with zero attached hydrogens (tertiary/aromatic N) is 4. The second-order valence-electron chi connectivity index (χ2n) is 8.25. The van der Waals surface area contributed by atoms with Crippen LogP contribution in [-0.2, 0) is 11.3 Å². The molecule has 1 atom stereocenters. The number of hydrogen-bond donors (Lipinski definition) is 1. The van der Waals surface area contributed by atoms with Gasteiger partial charge in [-0.05, 0) is 45.0 Å². The zero-order valence-corrected chi connectivity index (χ0v) is 19.7. The number of fused-ring (bicyclic) bond motifs is 1. The van der Waals surface area contributed by atoms with Gasteiger partial charge < -0.3 is 15.0 Å². The average molecular weight is 472 g/mol. The molecule has 1 N–H and O–H groups in total. The first-order chi connectivity index (χ1) is 15.9. The summed E-state index contributed by atoms with van der Waals surface area (Å²) in [6.45, 7) is 4.05. The summed E-state index contributed by atoms with van der Waals surface area (Å²) in [7, 11) is 3.52. The highest BCUT2D eigenvalue weighted by atomic mass is 35.5. The van der Waals surface area contributed by atoms with Gasteiger partial charge in [0.15, 0.2) is 5.82 Å². The molecule has 174 valence electrons. The fraction of sp³-hybridized carbons (Fsp3) is 0.375. The van der Waals surface area contributed by atoms with Gasteiger partial charge in [-0.2, -0.15) is 0 Å². The number of anilines is 2. The number of halogens is 2. The Morgan fingerprint density at radius 3 is 2.79 bits per heavy atom. The number of hydrogen-bond acceptors (Lipinski definition) is 6. The highest BCUT2D eigenvalue weighted by Gasteiger charge is 2.26. The molecule has 9 heteroatoms. The third-order valence-electron chi connectivity index (χ3n) is 6.10. The molecule has 2 heterocycles. The number of amides is 1. The smallest absolute Gasteiger partial charge is 0.239 e. The number of ether oxygens (including phenoxy) is 1. The summed E-state index contributed by atoms with van der Waals surface area (Å²) in [5, 5.41) is 3.76. The van der Waals surface area contributed by atoms with Crippen molar-refractivity contribution in [3.8, 4) is 5.75 Å². The molecule has 1 amide bonds. The maximum atomic E-state index is 14.4. The van der Waals surface area contributed by atoms with Crippen molar-refractivity contribution in [2.75, 3.05) is 32.6 Å². The van der Waals surface area contributed by atoms with Crippen LogP contribution in [-0.4, -0.2) is 59.0 Å². The second-order valence-corrected chi connectivity index (χ2v) is 8.66. The van der Waals surface area contributed by atoms with E-state index in [1.165, 1.54) is 12.4 Å². The van der Waals surface area contributed by atoms with Gasteiger partial charge in [0.05, 0.1) is 29.4 Å². The first kappa shape index (κ1) is 23.2. The molecule has 2 aromatic carbocycles. The van der Waals surface area contributed by atoms with Crippen LogP contribution in [0.15, 0.2) is 36.7 Å². The molecule has 3 aromatic rings. The van der Waals surface area contributed by atoms with E-state index in [1.807, 2.05) is 35.9 Å². The van der Waals surface area contributed by atoms with Crippen molar-refractivity contribution in [1.29, 1.82) is 0 Å². The van der Waals surface area contributed by atoms with E-state index < -0.39 is 5.82 Å². The standard InChI is InChI=1S/C24H27ClFN5O2/c1-15(24(32)31-9-4-5-10-31)30(2)13-16-11-17-20(12-21(16)33-3)27-14-28-23(17)29-19-8-6-7-18(25)22(19)26/h6-8,11-12,14-15H,4-5,9-10,13H2,1-3H3,(H,27,28,29)/t15-/m1/s1. The van der Waals surface area contributed by atoms with Crippen LogP contribution in [0.3, 0.4) is 0 Å². The minimum Gasteiger partial charge on any atom is -0.496 e. The lowest BCUT2D eigenvalue weighted by Crippen LogP contribution is -2.44. The molecule has 0 aliphatic carbocycles. The quantitative estimate of drug-likeness (QED) is 0.542. The highest BCUT2D eigenvalue weighted by molar-refractivity contribution is 6.31. The highest BCUT2D eigenvalue weighted by Crippen LogP contribution is 2.32. The first-order valence-electron chi connectivity index (χ1n) is 10.9. The van der Waals surface area contributed by atoms with E-state index in [0.717, 1.165) is 31.5 Å². The fourth-order valence-electron chi connectivity index (χ4n) is 4.07. The van der Waals surface area contributed by atoms with Gasteiger partial charge >= 0.3 is 0 Å². The third-order valence-corrected chi connectivity index (χ3v) is 6.39. The number of carbonyl (C=O) groups excluding carboxylic acids is 1. The van der Waals surface area contributed by atoms with E-state index in [2.05, 4.69) is 15.3 Å². The molecule has 1 fully saturated rings. The fourth-order valence-corrected chi connectivity index (χ4v) is 4.24. The minimum absolute atomic E-state index is 0.0269. The van der Waals surface area contributed by atoms with Crippen LogP contribution in [0.1, 0.15) is 25.3 Å². The van der Waals surface area contributed by atoms with Crippen molar-refractivity contribution < 1.29 is 13.9 Å². The summed E-state index contributed by atoms with van der Waals surface area (Å²) in [4.78, 5) is 25.4. The topological polar surface area (TPSA) is 70.6 Å². The van der Waals surface area contributed by atoms with E-state index in [0.29, 0.717) is 29.0 Å². The Morgan fingerprint density at radius 2 is 2.06 bits per heavy atom. The molecule has 0 unspecified atom stereocenters. The van der Waals surface area contributed by atoms with Crippen LogP contribution < -0.4 is 10.1 Å². The molecular weight excluding hydrogens is 445 g/mol. The Hall–Kier alpha value is -2.97. The molecule has 0 saturated carbocycles. The van der Waals surface area contributed by atoms with Gasteiger partial charge in [-0.3, -0.25) is 9.69 Å². The summed E-state index contributed by atoms with van der Waals surface area (Å²) in [6.07, 6.45) is 3.53. The van der Waals surface area contributed by atoms with Gasteiger partial charge in [-0.15, -0.1) is 0 Å². The van der Waals surface area contributed by atoms with Crippen molar-refractivity contribution >= 4 is 39.9 Å². The van der Waals surface area contributed by atoms with Gasteiger partial charge in [0.1, 0.15) is 17.9 Å². The summed E-state index contributed by atoms with van der Waals surface area (Å²) in [5.41, 5.74) is 1.75. The second kappa shape index (κ2) is 9.89. The molecule has 1 aliphatic heterocycles. The van der Waals surface area contributed by atoms with Gasteiger partial charge in [-0.1, -0.05) is 17.7 Å². The summed E-state index contributed by atoms with van der Waals surface area (Å²) < 4.78 is 20.1. The lowest BCUT2D eigenvalue weighted by atomic mass is 10.1. The van der Waals surface area contributed by atoms with Crippen molar-refractivity contribution in [3.63, 3.8) is 0 Å². The lowest BCUT2D eigenvalue weighted by molar-refractivity contribution is -0.135. The Morgan fingerprint density at radius 1 is 1.30 bits per heavy atom. The molecule has 33 heavy (non-hydrogen) atoms. The van der Waals surface area contributed by atoms with Gasteiger partial charge in [0.25, 0.3) is 0 Å². The molecule has 0 spiro atoms. The van der Waals surface area contributed by atoms with Gasteiger partial charge in [0.2, 0.25) is 5.91 Å². The molecule has 1 aliphatic rings. The zero-order valence-electron chi connectivity index (χ0n) is 18.9. The predicted molar refractivity (Wildman–Crippen MR) is 128 cm³/mol. The zero-order chi connectivity index (χ0) is 23.5. The van der Waals surface area contributed by atoms with Crippen LogP contribution in [0.25, 0.3) is 10.9 Å². The number of nitrogens with one attached hydrogen (secondary N) is 1. The summed E-state index contributed by atoms with van der Waals surface area (Å²) in [5.74, 6) is 0.702. The third kappa shape index (κ3) is 4.86. The van der Waals surface area contributed by atoms with E-state index in [1.54, 1.807) is 19.2 Å². The molecule has 4 rings (SSSR count). The Kier molecular flexibility index (Phi) is 6.95. The van der Waals surface area contributed by atoms with Crippen LogP contribution in [0.5, 0.6) is 5.75 Å². The number of methoxy groups -OCH3 is 1.